The fourth-order valence-electron chi connectivity index (χ4n) is 0.644. The molecule has 0 spiro atoms. The Hall–Kier alpha value is -1.27. The summed E-state index contributed by atoms with van der Waals surface area (Å²) in [6.07, 6.45) is 6.68. The number of hydrogen-bond donors (Lipinski definition) is 2. The lowest BCUT2D eigenvalue weighted by Crippen LogP contribution is -2.42. The SMILES string of the molecule is C#CCNC(=O)C(C)NCC=C. The molecule has 0 fully saturated rings. The van der Waals surface area contributed by atoms with Crippen LogP contribution in [-0.4, -0.2) is 25.0 Å². The van der Waals surface area contributed by atoms with Crippen LogP contribution in [0.25, 0.3) is 0 Å². The molecule has 66 valence electrons. The van der Waals surface area contributed by atoms with Crippen LogP contribution < -0.4 is 10.6 Å². The summed E-state index contributed by atoms with van der Waals surface area (Å²) in [6, 6.07) is -0.226. The normalized spacial score (nSPS) is 11.3. The van der Waals surface area contributed by atoms with Gasteiger partial charge in [0.1, 0.15) is 0 Å². The predicted octanol–water partition coefficient (Wildman–Crippen LogP) is -0.100. The van der Waals surface area contributed by atoms with Crippen LogP contribution >= 0.6 is 0 Å². The average molecular weight is 166 g/mol. The van der Waals surface area contributed by atoms with Crippen molar-refractivity contribution < 1.29 is 4.79 Å². The molecule has 0 radical (unpaired) electrons. The van der Waals surface area contributed by atoms with E-state index < -0.39 is 0 Å². The molecule has 1 unspecified atom stereocenters. The number of nitrogens with one attached hydrogen (secondary N) is 2. The van der Waals surface area contributed by atoms with Crippen molar-refractivity contribution in [2.24, 2.45) is 0 Å². The second kappa shape index (κ2) is 6.44. The van der Waals surface area contributed by atoms with Crippen LogP contribution in [0.15, 0.2) is 12.7 Å². The van der Waals surface area contributed by atoms with Crippen molar-refractivity contribution >= 4 is 5.91 Å². The van der Waals surface area contributed by atoms with Gasteiger partial charge in [0, 0.05) is 6.54 Å². The number of carbonyl (C=O) groups excluding carboxylic acids is 1. The van der Waals surface area contributed by atoms with Crippen molar-refractivity contribution in [3.63, 3.8) is 0 Å². The Labute approximate surface area is 73.2 Å². The first kappa shape index (κ1) is 10.7. The van der Waals surface area contributed by atoms with E-state index in [4.69, 9.17) is 6.42 Å². The van der Waals surface area contributed by atoms with E-state index in [0.717, 1.165) is 0 Å². The van der Waals surface area contributed by atoms with Crippen LogP contribution in [0.5, 0.6) is 0 Å². The van der Waals surface area contributed by atoms with Crippen molar-refractivity contribution in [1.29, 1.82) is 0 Å². The third-order valence-electron chi connectivity index (χ3n) is 1.33. The number of terminal acetylenes is 1. The zero-order valence-corrected chi connectivity index (χ0v) is 7.26. The third kappa shape index (κ3) is 4.53. The molecular formula is C9H14N2O. The van der Waals surface area contributed by atoms with E-state index in [1.807, 2.05) is 0 Å². The standard InChI is InChI=1S/C9H14N2O/c1-4-6-10-8(3)9(12)11-7-5-2/h2,4,8,10H,1,6-7H2,3H3,(H,11,12). The molecule has 0 aliphatic carbocycles. The monoisotopic (exact) mass is 166 g/mol. The number of amides is 1. The molecule has 1 amide bonds. The van der Waals surface area contributed by atoms with Gasteiger partial charge in [0.05, 0.1) is 12.6 Å². The summed E-state index contributed by atoms with van der Waals surface area (Å²) in [5, 5.41) is 5.51. The van der Waals surface area contributed by atoms with Gasteiger partial charge in [-0.3, -0.25) is 4.79 Å². The molecule has 0 heterocycles. The maximum absolute atomic E-state index is 11.1. The molecule has 0 aliphatic rings. The van der Waals surface area contributed by atoms with Gasteiger partial charge in [-0.15, -0.1) is 13.0 Å². The first-order valence-electron chi connectivity index (χ1n) is 3.77. The molecule has 1 atom stereocenters. The highest BCUT2D eigenvalue weighted by Gasteiger charge is 2.08. The quantitative estimate of drug-likeness (QED) is 0.442. The second-order valence-electron chi connectivity index (χ2n) is 2.34. The highest BCUT2D eigenvalue weighted by atomic mass is 16.2. The van der Waals surface area contributed by atoms with E-state index in [1.165, 1.54) is 0 Å². The van der Waals surface area contributed by atoms with Crippen LogP contribution in [0.4, 0.5) is 0 Å². The highest BCUT2D eigenvalue weighted by molar-refractivity contribution is 5.81. The Morgan fingerprint density at radius 2 is 2.50 bits per heavy atom. The molecule has 0 aromatic heterocycles. The van der Waals surface area contributed by atoms with Crippen LogP contribution in [0.1, 0.15) is 6.92 Å². The minimum atomic E-state index is -0.226. The number of rotatable bonds is 5. The van der Waals surface area contributed by atoms with Crippen molar-refractivity contribution in [2.45, 2.75) is 13.0 Å². The van der Waals surface area contributed by atoms with Crippen LogP contribution in [-0.2, 0) is 4.79 Å². The summed E-state index contributed by atoms with van der Waals surface area (Å²) in [5.74, 6) is 2.24. The molecule has 0 aromatic carbocycles. The summed E-state index contributed by atoms with van der Waals surface area (Å²) in [4.78, 5) is 11.1. The fraction of sp³-hybridized carbons (Fsp3) is 0.444. The summed E-state index contributed by atoms with van der Waals surface area (Å²) in [5.41, 5.74) is 0. The molecule has 0 rings (SSSR count). The van der Waals surface area contributed by atoms with Crippen molar-refractivity contribution in [3.8, 4) is 12.3 Å². The van der Waals surface area contributed by atoms with Crippen LogP contribution in [0.2, 0.25) is 0 Å². The van der Waals surface area contributed by atoms with E-state index in [-0.39, 0.29) is 18.5 Å². The van der Waals surface area contributed by atoms with E-state index in [2.05, 4.69) is 23.1 Å². The first-order chi connectivity index (χ1) is 5.72. The maximum atomic E-state index is 11.1. The molecule has 3 heteroatoms. The lowest BCUT2D eigenvalue weighted by molar-refractivity contribution is -0.122. The molecule has 12 heavy (non-hydrogen) atoms. The summed E-state index contributed by atoms with van der Waals surface area (Å²) < 4.78 is 0. The third-order valence-corrected chi connectivity index (χ3v) is 1.33. The largest absolute Gasteiger partial charge is 0.344 e. The Morgan fingerprint density at radius 1 is 1.83 bits per heavy atom. The zero-order chi connectivity index (χ0) is 9.40. The zero-order valence-electron chi connectivity index (χ0n) is 7.26. The van der Waals surface area contributed by atoms with Gasteiger partial charge in [-0.25, -0.2) is 0 Å². The van der Waals surface area contributed by atoms with E-state index in [9.17, 15) is 4.79 Å². The fourth-order valence-corrected chi connectivity index (χ4v) is 0.644. The summed E-state index contributed by atoms with van der Waals surface area (Å²) >= 11 is 0. The summed E-state index contributed by atoms with van der Waals surface area (Å²) in [7, 11) is 0. The predicted molar refractivity (Wildman–Crippen MR) is 49.5 cm³/mol. The molecule has 3 nitrogen and oxygen atoms in total. The Balaban J connectivity index is 3.62. The van der Waals surface area contributed by atoms with Crippen molar-refractivity contribution in [3.05, 3.63) is 12.7 Å². The highest BCUT2D eigenvalue weighted by Crippen LogP contribution is 1.80. The first-order valence-corrected chi connectivity index (χ1v) is 3.77. The Bertz CT molecular complexity index is 193. The molecule has 0 saturated carbocycles. The molecule has 0 aliphatic heterocycles. The lowest BCUT2D eigenvalue weighted by Gasteiger charge is -2.10. The van der Waals surface area contributed by atoms with Crippen molar-refractivity contribution in [2.75, 3.05) is 13.1 Å². The molecule has 2 N–H and O–H groups in total. The minimum absolute atomic E-state index is 0.0881. The van der Waals surface area contributed by atoms with Gasteiger partial charge in [-0.1, -0.05) is 12.0 Å². The Morgan fingerprint density at radius 3 is 3.00 bits per heavy atom. The van der Waals surface area contributed by atoms with Crippen molar-refractivity contribution in [1.82, 2.24) is 10.6 Å². The minimum Gasteiger partial charge on any atom is -0.344 e. The second-order valence-corrected chi connectivity index (χ2v) is 2.34. The van der Waals surface area contributed by atoms with E-state index in [0.29, 0.717) is 6.54 Å². The van der Waals surface area contributed by atoms with Gasteiger partial charge >= 0.3 is 0 Å². The van der Waals surface area contributed by atoms with E-state index >= 15 is 0 Å². The van der Waals surface area contributed by atoms with Gasteiger partial charge in [0.25, 0.3) is 0 Å². The van der Waals surface area contributed by atoms with Crippen LogP contribution in [0, 0.1) is 12.3 Å². The number of hydrogen-bond acceptors (Lipinski definition) is 2. The van der Waals surface area contributed by atoms with E-state index in [1.54, 1.807) is 13.0 Å². The van der Waals surface area contributed by atoms with Gasteiger partial charge in [0.2, 0.25) is 5.91 Å². The smallest absolute Gasteiger partial charge is 0.237 e. The summed E-state index contributed by atoms with van der Waals surface area (Å²) in [6.45, 7) is 6.19. The molecular weight excluding hydrogens is 152 g/mol. The lowest BCUT2D eigenvalue weighted by atomic mass is 10.3. The van der Waals surface area contributed by atoms with Gasteiger partial charge < -0.3 is 10.6 Å². The van der Waals surface area contributed by atoms with Gasteiger partial charge in [0.15, 0.2) is 0 Å². The Kier molecular flexibility index (Phi) is 5.76. The molecule has 0 saturated heterocycles. The molecule has 0 bridgehead atoms. The van der Waals surface area contributed by atoms with Crippen LogP contribution in [0.3, 0.4) is 0 Å². The van der Waals surface area contributed by atoms with Gasteiger partial charge in [-0.2, -0.15) is 0 Å². The topological polar surface area (TPSA) is 41.1 Å². The molecule has 0 aromatic rings. The van der Waals surface area contributed by atoms with Gasteiger partial charge in [-0.05, 0) is 6.92 Å². The number of carbonyl (C=O) groups is 1. The average Bonchev–Trinajstić information content (AvgIpc) is 2.10. The maximum Gasteiger partial charge on any atom is 0.237 e.